The number of rotatable bonds is 6. The first-order chi connectivity index (χ1) is 12.7. The Morgan fingerprint density at radius 2 is 1.73 bits per heavy atom. The highest BCUT2D eigenvalue weighted by Crippen LogP contribution is 2.29. The van der Waals surface area contributed by atoms with Gasteiger partial charge in [-0.2, -0.15) is 0 Å². The number of para-hydroxylation sites is 3. The summed E-state index contributed by atoms with van der Waals surface area (Å²) in [4.78, 5) is 16.7. The second kappa shape index (κ2) is 8.61. The molecule has 26 heavy (non-hydrogen) atoms. The van der Waals surface area contributed by atoms with Crippen LogP contribution < -0.4 is 9.64 Å². The maximum Gasteiger partial charge on any atom is 0.223 e. The number of piperazine rings is 1. The smallest absolute Gasteiger partial charge is 0.223 e. The molecule has 1 aliphatic heterocycles. The van der Waals surface area contributed by atoms with E-state index in [1.807, 2.05) is 42.2 Å². The van der Waals surface area contributed by atoms with Crippen molar-refractivity contribution in [2.45, 2.75) is 19.8 Å². The summed E-state index contributed by atoms with van der Waals surface area (Å²) in [6, 6.07) is 15.3. The minimum atomic E-state index is 0.144. The number of aryl methyl sites for hydroxylation is 1. The van der Waals surface area contributed by atoms with Gasteiger partial charge in [0.15, 0.2) is 0 Å². The van der Waals surface area contributed by atoms with Gasteiger partial charge < -0.3 is 19.6 Å². The van der Waals surface area contributed by atoms with Crippen LogP contribution in [0.5, 0.6) is 11.5 Å². The van der Waals surface area contributed by atoms with E-state index in [4.69, 9.17) is 4.74 Å². The molecule has 1 heterocycles. The summed E-state index contributed by atoms with van der Waals surface area (Å²) in [5.74, 6) is 1.30. The second-order valence-corrected chi connectivity index (χ2v) is 6.40. The number of carbonyl (C=O) groups is 1. The van der Waals surface area contributed by atoms with Gasteiger partial charge in [0.05, 0.1) is 12.3 Å². The standard InChI is InChI=1S/C21H26N2O3/c1-2-26-20-10-6-4-8-18(20)22-13-15-23(16-14-22)21(25)12-11-17-7-3-5-9-19(17)24/h3-10,24H,2,11-16H2,1H3. The molecule has 2 aromatic rings. The highest BCUT2D eigenvalue weighted by atomic mass is 16.5. The molecule has 0 spiro atoms. The molecule has 138 valence electrons. The number of hydrogen-bond donors (Lipinski definition) is 1. The quantitative estimate of drug-likeness (QED) is 0.866. The number of phenols is 1. The third-order valence-corrected chi connectivity index (χ3v) is 4.74. The Balaban J connectivity index is 1.53. The van der Waals surface area contributed by atoms with Gasteiger partial charge in [0.1, 0.15) is 11.5 Å². The minimum Gasteiger partial charge on any atom is -0.508 e. The third kappa shape index (κ3) is 4.28. The molecular formula is C21H26N2O3. The van der Waals surface area contributed by atoms with Crippen LogP contribution >= 0.6 is 0 Å². The van der Waals surface area contributed by atoms with Crippen LogP contribution in [0.15, 0.2) is 48.5 Å². The molecule has 3 rings (SSSR count). The molecule has 5 heteroatoms. The van der Waals surface area contributed by atoms with E-state index in [0.29, 0.717) is 32.5 Å². The van der Waals surface area contributed by atoms with E-state index in [9.17, 15) is 9.90 Å². The van der Waals surface area contributed by atoms with Gasteiger partial charge >= 0.3 is 0 Å². The molecule has 1 aliphatic rings. The van der Waals surface area contributed by atoms with E-state index in [2.05, 4.69) is 11.0 Å². The van der Waals surface area contributed by atoms with Crippen LogP contribution in [0.2, 0.25) is 0 Å². The molecule has 0 saturated carbocycles. The lowest BCUT2D eigenvalue weighted by Gasteiger charge is -2.36. The molecule has 0 aromatic heterocycles. The number of aromatic hydroxyl groups is 1. The molecule has 1 saturated heterocycles. The zero-order valence-corrected chi connectivity index (χ0v) is 15.2. The molecule has 5 nitrogen and oxygen atoms in total. The molecular weight excluding hydrogens is 328 g/mol. The van der Waals surface area contributed by atoms with Crippen molar-refractivity contribution >= 4 is 11.6 Å². The van der Waals surface area contributed by atoms with Crippen molar-refractivity contribution < 1.29 is 14.6 Å². The number of nitrogens with zero attached hydrogens (tertiary/aromatic N) is 2. The van der Waals surface area contributed by atoms with Gasteiger partial charge in [-0.3, -0.25) is 4.79 Å². The van der Waals surface area contributed by atoms with E-state index in [-0.39, 0.29) is 11.7 Å². The third-order valence-electron chi connectivity index (χ3n) is 4.74. The SMILES string of the molecule is CCOc1ccccc1N1CCN(C(=O)CCc2ccccc2O)CC1. The number of benzene rings is 2. The van der Waals surface area contributed by atoms with Crippen LogP contribution in [-0.4, -0.2) is 48.7 Å². The molecule has 0 atom stereocenters. The number of carbonyl (C=O) groups excluding carboxylic acids is 1. The van der Waals surface area contributed by atoms with E-state index in [1.165, 1.54) is 0 Å². The fourth-order valence-electron chi connectivity index (χ4n) is 3.31. The van der Waals surface area contributed by atoms with Gasteiger partial charge in [0, 0.05) is 32.6 Å². The molecule has 0 aliphatic carbocycles. The average Bonchev–Trinajstić information content (AvgIpc) is 2.68. The van der Waals surface area contributed by atoms with Gasteiger partial charge in [0.2, 0.25) is 5.91 Å². The van der Waals surface area contributed by atoms with E-state index in [1.54, 1.807) is 12.1 Å². The lowest BCUT2D eigenvalue weighted by Crippen LogP contribution is -2.49. The van der Waals surface area contributed by atoms with Crippen LogP contribution in [-0.2, 0) is 11.2 Å². The number of ether oxygens (including phenoxy) is 1. The first-order valence-electron chi connectivity index (χ1n) is 9.20. The van der Waals surface area contributed by atoms with Crippen molar-refractivity contribution in [1.82, 2.24) is 4.90 Å². The predicted molar refractivity (Wildman–Crippen MR) is 103 cm³/mol. The van der Waals surface area contributed by atoms with Crippen molar-refractivity contribution in [2.75, 3.05) is 37.7 Å². The largest absolute Gasteiger partial charge is 0.508 e. The zero-order valence-electron chi connectivity index (χ0n) is 15.2. The maximum absolute atomic E-state index is 12.5. The Kier molecular flexibility index (Phi) is 6.00. The Morgan fingerprint density at radius 1 is 1.04 bits per heavy atom. The molecule has 1 N–H and O–H groups in total. The van der Waals surface area contributed by atoms with Crippen molar-refractivity contribution in [1.29, 1.82) is 0 Å². The Hall–Kier alpha value is -2.69. The summed E-state index contributed by atoms with van der Waals surface area (Å²) >= 11 is 0. The Morgan fingerprint density at radius 3 is 2.46 bits per heavy atom. The van der Waals surface area contributed by atoms with Gasteiger partial charge in [-0.25, -0.2) is 0 Å². The fraction of sp³-hybridized carbons (Fsp3) is 0.381. The van der Waals surface area contributed by atoms with Gasteiger partial charge in [-0.15, -0.1) is 0 Å². The molecule has 0 bridgehead atoms. The highest BCUT2D eigenvalue weighted by molar-refractivity contribution is 5.77. The van der Waals surface area contributed by atoms with Gasteiger partial charge in [-0.1, -0.05) is 30.3 Å². The van der Waals surface area contributed by atoms with Crippen molar-refractivity contribution in [3.05, 3.63) is 54.1 Å². The Bertz CT molecular complexity index is 740. The summed E-state index contributed by atoms with van der Waals surface area (Å²) in [6.45, 7) is 5.64. The van der Waals surface area contributed by atoms with Crippen LogP contribution in [0.25, 0.3) is 0 Å². The summed E-state index contributed by atoms with van der Waals surface area (Å²) in [5.41, 5.74) is 1.92. The topological polar surface area (TPSA) is 53.0 Å². The first kappa shape index (κ1) is 18.1. The lowest BCUT2D eigenvalue weighted by molar-refractivity contribution is -0.131. The Labute approximate surface area is 154 Å². The summed E-state index contributed by atoms with van der Waals surface area (Å²) in [6.07, 6.45) is 0.992. The first-order valence-corrected chi connectivity index (χ1v) is 9.20. The van der Waals surface area contributed by atoms with Crippen molar-refractivity contribution in [3.63, 3.8) is 0 Å². The monoisotopic (exact) mass is 354 g/mol. The van der Waals surface area contributed by atoms with Gasteiger partial charge in [0.25, 0.3) is 0 Å². The van der Waals surface area contributed by atoms with Crippen molar-refractivity contribution in [2.24, 2.45) is 0 Å². The molecule has 0 unspecified atom stereocenters. The number of amides is 1. The molecule has 0 radical (unpaired) electrons. The normalized spacial score (nSPS) is 14.3. The maximum atomic E-state index is 12.5. The van der Waals surface area contributed by atoms with E-state index in [0.717, 1.165) is 30.1 Å². The van der Waals surface area contributed by atoms with Crippen LogP contribution in [0, 0.1) is 0 Å². The van der Waals surface area contributed by atoms with Crippen LogP contribution in [0.1, 0.15) is 18.9 Å². The summed E-state index contributed by atoms with van der Waals surface area (Å²) in [5, 5.41) is 9.82. The predicted octanol–water partition coefficient (Wildman–Crippen LogP) is 3.07. The number of anilines is 1. The molecule has 2 aromatic carbocycles. The number of phenolic OH excluding ortho intramolecular Hbond substituents is 1. The van der Waals surface area contributed by atoms with Crippen molar-refractivity contribution in [3.8, 4) is 11.5 Å². The molecule has 1 amide bonds. The van der Waals surface area contributed by atoms with Gasteiger partial charge in [-0.05, 0) is 37.1 Å². The van der Waals surface area contributed by atoms with Crippen LogP contribution in [0.4, 0.5) is 5.69 Å². The van der Waals surface area contributed by atoms with Crippen LogP contribution in [0.3, 0.4) is 0 Å². The average molecular weight is 354 g/mol. The highest BCUT2D eigenvalue weighted by Gasteiger charge is 2.22. The summed E-state index contributed by atoms with van der Waals surface area (Å²) < 4.78 is 5.72. The fourth-order valence-corrected chi connectivity index (χ4v) is 3.31. The minimum absolute atomic E-state index is 0.144. The summed E-state index contributed by atoms with van der Waals surface area (Å²) in [7, 11) is 0. The number of hydrogen-bond acceptors (Lipinski definition) is 4. The molecule has 1 fully saturated rings. The zero-order chi connectivity index (χ0) is 18.4. The van der Waals surface area contributed by atoms with E-state index < -0.39 is 0 Å². The van der Waals surface area contributed by atoms with E-state index >= 15 is 0 Å². The second-order valence-electron chi connectivity index (χ2n) is 6.40. The lowest BCUT2D eigenvalue weighted by atomic mass is 10.1.